The second kappa shape index (κ2) is 4.28. The van der Waals surface area contributed by atoms with Gasteiger partial charge in [0, 0.05) is 24.8 Å². The number of hydrogen-bond acceptors (Lipinski definition) is 5. The molecular formula is C14H11N5S. The third kappa shape index (κ3) is 1.58. The van der Waals surface area contributed by atoms with Gasteiger partial charge in [-0.15, -0.1) is 0 Å². The molecule has 3 heterocycles. The monoisotopic (exact) mass is 281 g/mol. The Morgan fingerprint density at radius 1 is 1.10 bits per heavy atom. The van der Waals surface area contributed by atoms with Crippen LogP contribution in [0.2, 0.25) is 0 Å². The van der Waals surface area contributed by atoms with Gasteiger partial charge in [-0.1, -0.05) is 18.2 Å². The highest BCUT2D eigenvalue weighted by atomic mass is 32.1. The topological polar surface area (TPSA) is 46.3 Å². The first-order valence-electron chi connectivity index (χ1n) is 6.22. The first kappa shape index (κ1) is 11.4. The van der Waals surface area contributed by atoms with Crippen molar-refractivity contribution >= 4 is 39.3 Å². The molecule has 0 aliphatic rings. The molecule has 0 amide bonds. The maximum absolute atomic E-state index is 4.58. The zero-order valence-electron chi connectivity index (χ0n) is 10.8. The van der Waals surface area contributed by atoms with E-state index in [1.165, 1.54) is 11.5 Å². The molecule has 0 unspecified atom stereocenters. The molecular weight excluding hydrogens is 270 g/mol. The summed E-state index contributed by atoms with van der Waals surface area (Å²) in [7, 11) is 1.96. The molecule has 0 bridgehead atoms. The minimum absolute atomic E-state index is 0.831. The lowest BCUT2D eigenvalue weighted by Crippen LogP contribution is -2.13. The molecule has 4 aromatic rings. The van der Waals surface area contributed by atoms with E-state index < -0.39 is 0 Å². The fourth-order valence-corrected chi connectivity index (χ4v) is 3.01. The van der Waals surface area contributed by atoms with Crippen LogP contribution < -0.4 is 4.90 Å². The van der Waals surface area contributed by atoms with E-state index in [4.69, 9.17) is 0 Å². The van der Waals surface area contributed by atoms with Crippen molar-refractivity contribution in [1.82, 2.24) is 18.7 Å². The third-order valence-corrected chi connectivity index (χ3v) is 3.92. The molecule has 4 rings (SSSR count). The van der Waals surface area contributed by atoms with Gasteiger partial charge in [-0.05, 0) is 24.3 Å². The van der Waals surface area contributed by atoms with E-state index in [9.17, 15) is 0 Å². The average molecular weight is 281 g/mol. The van der Waals surface area contributed by atoms with Gasteiger partial charge in [0.05, 0.1) is 11.0 Å². The summed E-state index contributed by atoms with van der Waals surface area (Å²) in [5.41, 5.74) is 2.05. The van der Waals surface area contributed by atoms with Crippen LogP contribution in [0.15, 0.2) is 48.7 Å². The maximum Gasteiger partial charge on any atom is 0.229 e. The number of para-hydroxylation sites is 2. The Labute approximate surface area is 119 Å². The van der Waals surface area contributed by atoms with Crippen LogP contribution in [0.4, 0.5) is 11.8 Å². The Hall–Kier alpha value is -2.47. The second-order valence-electron chi connectivity index (χ2n) is 4.45. The molecule has 0 aliphatic heterocycles. The number of pyridine rings is 1. The SMILES string of the molecule is CN(c1ccccn1)c1nsc2nc3ccccc3n12. The molecule has 0 radical (unpaired) electrons. The van der Waals surface area contributed by atoms with E-state index in [2.05, 4.69) is 24.8 Å². The lowest BCUT2D eigenvalue weighted by Gasteiger charge is -2.15. The number of benzene rings is 1. The molecule has 0 fully saturated rings. The van der Waals surface area contributed by atoms with E-state index in [0.29, 0.717) is 0 Å². The predicted molar refractivity (Wildman–Crippen MR) is 80.7 cm³/mol. The third-order valence-electron chi connectivity index (χ3n) is 3.23. The van der Waals surface area contributed by atoms with Crippen molar-refractivity contribution in [3.63, 3.8) is 0 Å². The van der Waals surface area contributed by atoms with Crippen LogP contribution in [-0.4, -0.2) is 25.8 Å². The maximum atomic E-state index is 4.58. The summed E-state index contributed by atoms with van der Waals surface area (Å²) in [6.07, 6.45) is 1.78. The van der Waals surface area contributed by atoms with Crippen molar-refractivity contribution in [1.29, 1.82) is 0 Å². The fourth-order valence-electron chi connectivity index (χ4n) is 2.25. The second-order valence-corrected chi connectivity index (χ2v) is 5.18. The Bertz CT molecular complexity index is 880. The lowest BCUT2D eigenvalue weighted by atomic mass is 10.3. The van der Waals surface area contributed by atoms with E-state index in [1.54, 1.807) is 6.20 Å². The first-order valence-corrected chi connectivity index (χ1v) is 6.99. The van der Waals surface area contributed by atoms with Crippen LogP contribution in [0.5, 0.6) is 0 Å². The Balaban J connectivity index is 1.96. The molecule has 0 saturated carbocycles. The van der Waals surface area contributed by atoms with E-state index in [1.807, 2.05) is 48.3 Å². The summed E-state index contributed by atoms with van der Waals surface area (Å²) in [6, 6.07) is 13.9. The number of anilines is 2. The summed E-state index contributed by atoms with van der Waals surface area (Å²) >= 11 is 1.40. The van der Waals surface area contributed by atoms with Crippen LogP contribution >= 0.6 is 11.5 Å². The van der Waals surface area contributed by atoms with Crippen molar-refractivity contribution in [3.05, 3.63) is 48.7 Å². The van der Waals surface area contributed by atoms with Gasteiger partial charge in [-0.3, -0.25) is 9.30 Å². The standard InChI is InChI=1S/C14H11N5S/c1-18(12-8-4-5-9-15-12)13-17-20-14-16-10-6-2-3-7-11(10)19(13)14/h2-9H,1H3. The van der Waals surface area contributed by atoms with Gasteiger partial charge in [0.15, 0.2) is 0 Å². The van der Waals surface area contributed by atoms with Crippen molar-refractivity contribution in [2.75, 3.05) is 11.9 Å². The molecule has 98 valence electrons. The van der Waals surface area contributed by atoms with Crippen LogP contribution in [0.1, 0.15) is 0 Å². The number of nitrogens with zero attached hydrogens (tertiary/aromatic N) is 5. The van der Waals surface area contributed by atoms with Gasteiger partial charge < -0.3 is 0 Å². The number of fused-ring (bicyclic) bond motifs is 3. The molecule has 6 heteroatoms. The number of rotatable bonds is 2. The quantitative estimate of drug-likeness (QED) is 0.566. The molecule has 1 aromatic carbocycles. The molecule has 0 spiro atoms. The Morgan fingerprint density at radius 2 is 1.95 bits per heavy atom. The van der Waals surface area contributed by atoms with Gasteiger partial charge in [-0.2, -0.15) is 4.37 Å². The van der Waals surface area contributed by atoms with Gasteiger partial charge in [0.1, 0.15) is 5.82 Å². The summed E-state index contributed by atoms with van der Waals surface area (Å²) in [4.78, 5) is 11.8. The highest BCUT2D eigenvalue weighted by Crippen LogP contribution is 2.28. The highest BCUT2D eigenvalue weighted by Gasteiger charge is 2.16. The Morgan fingerprint density at radius 3 is 2.80 bits per heavy atom. The number of aromatic nitrogens is 4. The average Bonchev–Trinajstić information content (AvgIpc) is 3.06. The minimum atomic E-state index is 0.831. The zero-order chi connectivity index (χ0) is 13.5. The van der Waals surface area contributed by atoms with Crippen LogP contribution in [-0.2, 0) is 0 Å². The predicted octanol–water partition coefficient (Wildman–Crippen LogP) is 3.11. The van der Waals surface area contributed by atoms with E-state index in [-0.39, 0.29) is 0 Å². The van der Waals surface area contributed by atoms with Crippen LogP contribution in [0.3, 0.4) is 0 Å². The molecule has 0 atom stereocenters. The lowest BCUT2D eigenvalue weighted by molar-refractivity contribution is 1.03. The molecule has 20 heavy (non-hydrogen) atoms. The smallest absolute Gasteiger partial charge is 0.229 e. The molecule has 5 nitrogen and oxygen atoms in total. The van der Waals surface area contributed by atoms with Crippen molar-refractivity contribution in [2.45, 2.75) is 0 Å². The van der Waals surface area contributed by atoms with Gasteiger partial charge in [0.2, 0.25) is 10.9 Å². The van der Waals surface area contributed by atoms with Crippen molar-refractivity contribution in [2.24, 2.45) is 0 Å². The van der Waals surface area contributed by atoms with Crippen molar-refractivity contribution in [3.8, 4) is 0 Å². The zero-order valence-corrected chi connectivity index (χ0v) is 11.6. The first-order chi connectivity index (χ1) is 9.84. The van der Waals surface area contributed by atoms with E-state index in [0.717, 1.165) is 27.8 Å². The molecule has 0 aliphatic carbocycles. The van der Waals surface area contributed by atoms with E-state index >= 15 is 0 Å². The normalized spacial score (nSPS) is 11.2. The number of hydrogen-bond donors (Lipinski definition) is 0. The minimum Gasteiger partial charge on any atom is -0.298 e. The summed E-state index contributed by atoms with van der Waals surface area (Å²) < 4.78 is 6.57. The largest absolute Gasteiger partial charge is 0.298 e. The highest BCUT2D eigenvalue weighted by molar-refractivity contribution is 7.11. The van der Waals surface area contributed by atoms with Crippen LogP contribution in [0.25, 0.3) is 16.0 Å². The molecule has 0 N–H and O–H groups in total. The van der Waals surface area contributed by atoms with Gasteiger partial charge in [0.25, 0.3) is 0 Å². The Kier molecular flexibility index (Phi) is 2.43. The number of imidazole rings is 1. The van der Waals surface area contributed by atoms with Crippen LogP contribution in [0, 0.1) is 0 Å². The van der Waals surface area contributed by atoms with Crippen molar-refractivity contribution < 1.29 is 0 Å². The molecule has 3 aromatic heterocycles. The molecule has 0 saturated heterocycles. The fraction of sp³-hybridized carbons (Fsp3) is 0.0714. The van der Waals surface area contributed by atoms with Gasteiger partial charge >= 0.3 is 0 Å². The summed E-state index contributed by atoms with van der Waals surface area (Å²) in [6.45, 7) is 0. The summed E-state index contributed by atoms with van der Waals surface area (Å²) in [5, 5.41) is 0. The van der Waals surface area contributed by atoms with Gasteiger partial charge in [-0.25, -0.2) is 9.97 Å². The summed E-state index contributed by atoms with van der Waals surface area (Å²) in [5.74, 6) is 1.69.